The minimum atomic E-state index is -0.597. The first kappa shape index (κ1) is 15.5. The lowest BCUT2D eigenvalue weighted by atomic mass is 9.76. The van der Waals surface area contributed by atoms with Gasteiger partial charge in [-0.15, -0.1) is 0 Å². The number of carbonyl (C=O) groups excluding carboxylic acids is 2. The van der Waals surface area contributed by atoms with Crippen molar-refractivity contribution < 1.29 is 14.3 Å². The molecule has 6 nitrogen and oxygen atoms in total. The number of esters is 1. The van der Waals surface area contributed by atoms with Crippen molar-refractivity contribution in [2.24, 2.45) is 18.4 Å². The number of aryl methyl sites for hydroxylation is 1. The second-order valence-corrected chi connectivity index (χ2v) is 5.93. The Bertz CT molecular complexity index is 538. The van der Waals surface area contributed by atoms with E-state index >= 15 is 0 Å². The smallest absolute Gasteiger partial charge is 0.314 e. The molecule has 2 rings (SSSR count). The van der Waals surface area contributed by atoms with Gasteiger partial charge in [0.05, 0.1) is 18.3 Å². The number of likely N-dealkylation sites (tertiary alicyclic amines) is 1. The molecule has 1 aromatic heterocycles. The van der Waals surface area contributed by atoms with Gasteiger partial charge in [-0.25, -0.2) is 4.98 Å². The highest BCUT2D eigenvalue weighted by molar-refractivity contribution is 5.93. The van der Waals surface area contributed by atoms with E-state index in [1.807, 2.05) is 20.9 Å². The van der Waals surface area contributed by atoms with E-state index in [1.165, 1.54) is 0 Å². The second kappa shape index (κ2) is 5.87. The monoisotopic (exact) mass is 293 g/mol. The first-order chi connectivity index (χ1) is 9.90. The maximum atomic E-state index is 12.4. The summed E-state index contributed by atoms with van der Waals surface area (Å²) in [5, 5.41) is 0. The lowest BCUT2D eigenvalue weighted by Crippen LogP contribution is -2.42. The largest absolute Gasteiger partial charge is 0.466 e. The van der Waals surface area contributed by atoms with Crippen LogP contribution in [0, 0.1) is 11.3 Å². The van der Waals surface area contributed by atoms with Crippen LogP contribution in [0.5, 0.6) is 0 Å². The fraction of sp³-hybridized carbons (Fsp3) is 0.667. The van der Waals surface area contributed by atoms with Gasteiger partial charge in [0.1, 0.15) is 5.69 Å². The number of hydrogen-bond donors (Lipinski definition) is 0. The summed E-state index contributed by atoms with van der Waals surface area (Å²) in [5.74, 6) is -0.197. The van der Waals surface area contributed by atoms with E-state index in [2.05, 4.69) is 4.98 Å². The van der Waals surface area contributed by atoms with Gasteiger partial charge in [0, 0.05) is 26.3 Å². The molecule has 1 aliphatic heterocycles. The highest BCUT2D eigenvalue weighted by atomic mass is 16.5. The average molecular weight is 293 g/mol. The molecular formula is C15H23N3O3. The molecule has 1 aromatic rings. The van der Waals surface area contributed by atoms with Crippen molar-refractivity contribution in [3.63, 3.8) is 0 Å². The molecule has 0 saturated carbocycles. The van der Waals surface area contributed by atoms with Crippen LogP contribution < -0.4 is 0 Å². The van der Waals surface area contributed by atoms with Crippen molar-refractivity contribution >= 4 is 11.9 Å². The Morgan fingerprint density at radius 2 is 2.19 bits per heavy atom. The zero-order valence-corrected chi connectivity index (χ0v) is 13.1. The molecule has 1 saturated heterocycles. The van der Waals surface area contributed by atoms with E-state index in [4.69, 9.17) is 4.74 Å². The first-order valence-electron chi connectivity index (χ1n) is 7.35. The number of rotatable bonds is 4. The van der Waals surface area contributed by atoms with E-state index in [0.717, 1.165) is 0 Å². The predicted octanol–water partition coefficient (Wildman–Crippen LogP) is 1.47. The fourth-order valence-corrected chi connectivity index (χ4v) is 2.84. The molecule has 1 atom stereocenters. The van der Waals surface area contributed by atoms with Crippen molar-refractivity contribution in [2.75, 3.05) is 19.7 Å². The first-order valence-corrected chi connectivity index (χ1v) is 7.35. The van der Waals surface area contributed by atoms with Crippen molar-refractivity contribution in [2.45, 2.75) is 27.2 Å². The van der Waals surface area contributed by atoms with Gasteiger partial charge in [0.15, 0.2) is 0 Å². The minimum Gasteiger partial charge on any atom is -0.466 e. The fourth-order valence-electron chi connectivity index (χ4n) is 2.84. The number of aromatic nitrogens is 2. The van der Waals surface area contributed by atoms with Crippen LogP contribution in [-0.4, -0.2) is 46.0 Å². The van der Waals surface area contributed by atoms with Crippen LogP contribution in [0.3, 0.4) is 0 Å². The van der Waals surface area contributed by atoms with Gasteiger partial charge in [-0.3, -0.25) is 9.59 Å². The van der Waals surface area contributed by atoms with E-state index in [0.29, 0.717) is 31.8 Å². The Labute approximate surface area is 125 Å². The summed E-state index contributed by atoms with van der Waals surface area (Å²) in [7, 11) is 1.82. The van der Waals surface area contributed by atoms with E-state index < -0.39 is 5.41 Å². The van der Waals surface area contributed by atoms with Crippen LogP contribution in [0.1, 0.15) is 37.7 Å². The van der Waals surface area contributed by atoms with E-state index in [-0.39, 0.29) is 17.8 Å². The Balaban J connectivity index is 2.16. The van der Waals surface area contributed by atoms with E-state index in [9.17, 15) is 9.59 Å². The number of carbonyl (C=O) groups is 2. The van der Waals surface area contributed by atoms with Crippen molar-refractivity contribution in [3.8, 4) is 0 Å². The van der Waals surface area contributed by atoms with Crippen LogP contribution in [0.25, 0.3) is 0 Å². The molecular weight excluding hydrogens is 270 g/mol. The summed E-state index contributed by atoms with van der Waals surface area (Å²) in [6.45, 7) is 7.14. The number of imidazole rings is 1. The van der Waals surface area contributed by atoms with Gasteiger partial charge < -0.3 is 14.2 Å². The summed E-state index contributed by atoms with van der Waals surface area (Å²) in [6, 6.07) is 0. The molecule has 0 radical (unpaired) electrons. The SMILES string of the molecule is CCOC(=O)C1(C(C)C)CCN(C(=O)c2cn(C)cn2)C1. The van der Waals surface area contributed by atoms with Crippen LogP contribution in [0.4, 0.5) is 0 Å². The summed E-state index contributed by atoms with van der Waals surface area (Å²) in [4.78, 5) is 30.6. The third-order valence-corrected chi connectivity index (χ3v) is 4.30. The summed E-state index contributed by atoms with van der Waals surface area (Å²) >= 11 is 0. The Kier molecular flexibility index (Phi) is 4.34. The van der Waals surface area contributed by atoms with Gasteiger partial charge in [-0.1, -0.05) is 13.8 Å². The molecule has 0 N–H and O–H groups in total. The highest BCUT2D eigenvalue weighted by Gasteiger charge is 2.49. The molecule has 1 amide bonds. The van der Waals surface area contributed by atoms with E-state index in [1.54, 1.807) is 28.9 Å². The Morgan fingerprint density at radius 3 is 2.71 bits per heavy atom. The number of amides is 1. The van der Waals surface area contributed by atoms with Crippen LogP contribution >= 0.6 is 0 Å². The van der Waals surface area contributed by atoms with Gasteiger partial charge in [0.2, 0.25) is 0 Å². The van der Waals surface area contributed by atoms with Crippen molar-refractivity contribution in [3.05, 3.63) is 18.2 Å². The quantitative estimate of drug-likeness (QED) is 0.789. The van der Waals surface area contributed by atoms with Gasteiger partial charge in [0.25, 0.3) is 5.91 Å². The zero-order chi connectivity index (χ0) is 15.6. The zero-order valence-electron chi connectivity index (χ0n) is 13.1. The third kappa shape index (κ3) is 2.80. The van der Waals surface area contributed by atoms with Crippen LogP contribution in [0.2, 0.25) is 0 Å². The molecule has 0 spiro atoms. The van der Waals surface area contributed by atoms with Crippen LogP contribution in [-0.2, 0) is 16.6 Å². The summed E-state index contributed by atoms with van der Waals surface area (Å²) < 4.78 is 6.97. The Morgan fingerprint density at radius 1 is 1.48 bits per heavy atom. The standard InChI is InChI=1S/C15H23N3O3/c1-5-21-14(20)15(11(2)3)6-7-18(9-15)13(19)12-8-17(4)10-16-12/h8,10-11H,5-7,9H2,1-4H3. The summed E-state index contributed by atoms with van der Waals surface area (Å²) in [5.41, 5.74) is -0.179. The normalized spacial score (nSPS) is 21.9. The third-order valence-electron chi connectivity index (χ3n) is 4.30. The molecule has 1 aliphatic rings. The lowest BCUT2D eigenvalue weighted by Gasteiger charge is -2.30. The van der Waals surface area contributed by atoms with Crippen molar-refractivity contribution in [1.29, 1.82) is 0 Å². The van der Waals surface area contributed by atoms with Gasteiger partial charge in [-0.2, -0.15) is 0 Å². The van der Waals surface area contributed by atoms with Gasteiger partial charge in [-0.05, 0) is 19.3 Å². The number of hydrogen-bond acceptors (Lipinski definition) is 4. The molecule has 0 aromatic carbocycles. The molecule has 6 heteroatoms. The molecule has 2 heterocycles. The Hall–Kier alpha value is -1.85. The van der Waals surface area contributed by atoms with Crippen molar-refractivity contribution in [1.82, 2.24) is 14.5 Å². The maximum Gasteiger partial charge on any atom is 0.314 e. The molecule has 0 bridgehead atoms. The van der Waals surface area contributed by atoms with Crippen LogP contribution in [0.15, 0.2) is 12.5 Å². The molecule has 1 fully saturated rings. The minimum absolute atomic E-state index is 0.123. The predicted molar refractivity (Wildman–Crippen MR) is 77.6 cm³/mol. The molecule has 0 aliphatic carbocycles. The molecule has 21 heavy (non-hydrogen) atoms. The molecule has 116 valence electrons. The molecule has 1 unspecified atom stereocenters. The average Bonchev–Trinajstić information content (AvgIpc) is 3.05. The summed E-state index contributed by atoms with van der Waals surface area (Å²) in [6.07, 6.45) is 3.94. The number of ether oxygens (including phenoxy) is 1. The highest BCUT2D eigenvalue weighted by Crippen LogP contribution is 2.39. The second-order valence-electron chi connectivity index (χ2n) is 5.93. The van der Waals surface area contributed by atoms with Gasteiger partial charge >= 0.3 is 5.97 Å². The topological polar surface area (TPSA) is 64.4 Å². The number of nitrogens with zero attached hydrogens (tertiary/aromatic N) is 3. The lowest BCUT2D eigenvalue weighted by molar-refractivity contribution is -0.157. The maximum absolute atomic E-state index is 12.4.